The van der Waals surface area contributed by atoms with E-state index in [1.54, 1.807) is 0 Å². The maximum absolute atomic E-state index is 3.61. The molecule has 0 aromatic heterocycles. The fraction of sp³-hybridized carbons (Fsp3) is 1.00. The summed E-state index contributed by atoms with van der Waals surface area (Å²) in [5.74, 6) is 2.82. The summed E-state index contributed by atoms with van der Waals surface area (Å²) in [4.78, 5) is 0. The van der Waals surface area contributed by atoms with Crippen LogP contribution < -0.4 is 5.32 Å². The second-order valence-corrected chi connectivity index (χ2v) is 6.45. The van der Waals surface area contributed by atoms with Crippen LogP contribution in [-0.4, -0.2) is 13.1 Å². The van der Waals surface area contributed by atoms with E-state index < -0.39 is 0 Å². The average Bonchev–Trinajstić information content (AvgIpc) is 2.92. The van der Waals surface area contributed by atoms with Crippen molar-refractivity contribution in [1.29, 1.82) is 0 Å². The van der Waals surface area contributed by atoms with Crippen molar-refractivity contribution in [2.75, 3.05) is 7.05 Å². The minimum atomic E-state index is 0.639. The quantitative estimate of drug-likeness (QED) is 0.750. The molecule has 0 aromatic carbocycles. The van der Waals surface area contributed by atoms with Crippen LogP contribution in [0.25, 0.3) is 0 Å². The van der Waals surface area contributed by atoms with Crippen molar-refractivity contribution in [3.05, 3.63) is 0 Å². The molecule has 1 heteroatoms. The Morgan fingerprint density at radius 2 is 1.80 bits per heavy atom. The van der Waals surface area contributed by atoms with Crippen molar-refractivity contribution >= 4 is 0 Å². The zero-order chi connectivity index (χ0) is 11.1. The standard InChI is InChI=1S/C14H27N/c1-10-5-6-12(9-11(10)2)13(15-4)14(3)7-8-14/h10-13,15H,5-9H2,1-4H3. The number of nitrogens with one attached hydrogen (secondary N) is 1. The van der Waals surface area contributed by atoms with Crippen LogP contribution in [0.4, 0.5) is 0 Å². The molecule has 2 rings (SSSR count). The van der Waals surface area contributed by atoms with Crippen LogP contribution in [0.2, 0.25) is 0 Å². The van der Waals surface area contributed by atoms with Crippen LogP contribution in [-0.2, 0) is 0 Å². The Bertz CT molecular complexity index is 219. The Kier molecular flexibility index (Phi) is 3.12. The lowest BCUT2D eigenvalue weighted by atomic mass is 9.70. The van der Waals surface area contributed by atoms with Crippen molar-refractivity contribution in [1.82, 2.24) is 5.32 Å². The highest BCUT2D eigenvalue weighted by atomic mass is 14.9. The topological polar surface area (TPSA) is 12.0 Å². The Morgan fingerprint density at radius 1 is 1.13 bits per heavy atom. The van der Waals surface area contributed by atoms with E-state index in [0.29, 0.717) is 5.41 Å². The lowest BCUT2D eigenvalue weighted by Gasteiger charge is -2.39. The van der Waals surface area contributed by atoms with E-state index in [1.165, 1.54) is 32.1 Å². The monoisotopic (exact) mass is 209 g/mol. The first kappa shape index (κ1) is 11.4. The molecule has 4 atom stereocenters. The summed E-state index contributed by atoms with van der Waals surface area (Å²) in [6.45, 7) is 7.34. The summed E-state index contributed by atoms with van der Waals surface area (Å²) in [6, 6.07) is 0.785. The van der Waals surface area contributed by atoms with Gasteiger partial charge in [-0.1, -0.05) is 27.2 Å². The maximum Gasteiger partial charge on any atom is 0.0146 e. The molecule has 88 valence electrons. The molecule has 1 nitrogen and oxygen atoms in total. The first-order valence-electron chi connectivity index (χ1n) is 6.74. The van der Waals surface area contributed by atoms with E-state index in [1.807, 2.05) is 0 Å². The van der Waals surface area contributed by atoms with E-state index in [2.05, 4.69) is 33.1 Å². The molecule has 0 spiro atoms. The largest absolute Gasteiger partial charge is 0.316 e. The highest BCUT2D eigenvalue weighted by Crippen LogP contribution is 2.52. The predicted molar refractivity (Wildman–Crippen MR) is 65.9 cm³/mol. The molecule has 2 fully saturated rings. The molecular formula is C14H27N. The van der Waals surface area contributed by atoms with Gasteiger partial charge in [-0.05, 0) is 55.9 Å². The third kappa shape index (κ3) is 2.22. The molecule has 0 saturated heterocycles. The third-order valence-corrected chi connectivity index (χ3v) is 5.21. The smallest absolute Gasteiger partial charge is 0.0146 e. The van der Waals surface area contributed by atoms with Crippen LogP contribution in [0, 0.1) is 23.2 Å². The van der Waals surface area contributed by atoms with E-state index in [0.717, 1.165) is 23.8 Å². The second kappa shape index (κ2) is 4.08. The van der Waals surface area contributed by atoms with Gasteiger partial charge >= 0.3 is 0 Å². The zero-order valence-electron chi connectivity index (χ0n) is 10.8. The van der Waals surface area contributed by atoms with E-state index in [9.17, 15) is 0 Å². The number of hydrogen-bond donors (Lipinski definition) is 1. The van der Waals surface area contributed by atoms with Gasteiger partial charge in [0.1, 0.15) is 0 Å². The van der Waals surface area contributed by atoms with E-state index in [-0.39, 0.29) is 0 Å². The fourth-order valence-electron chi connectivity index (χ4n) is 3.55. The molecule has 2 aliphatic rings. The number of hydrogen-bond acceptors (Lipinski definition) is 1. The molecule has 0 radical (unpaired) electrons. The Hall–Kier alpha value is -0.0400. The van der Waals surface area contributed by atoms with Crippen molar-refractivity contribution in [3.63, 3.8) is 0 Å². The number of rotatable bonds is 3. The Morgan fingerprint density at radius 3 is 2.27 bits per heavy atom. The second-order valence-electron chi connectivity index (χ2n) is 6.45. The van der Waals surface area contributed by atoms with Crippen molar-refractivity contribution in [2.24, 2.45) is 23.2 Å². The molecular weight excluding hydrogens is 182 g/mol. The lowest BCUT2D eigenvalue weighted by Crippen LogP contribution is -2.43. The summed E-state index contributed by atoms with van der Waals surface area (Å²) in [6.07, 6.45) is 7.23. The van der Waals surface area contributed by atoms with Crippen LogP contribution >= 0.6 is 0 Å². The summed E-state index contributed by atoms with van der Waals surface area (Å²) in [7, 11) is 2.16. The molecule has 0 bridgehead atoms. The van der Waals surface area contributed by atoms with Crippen LogP contribution in [0.5, 0.6) is 0 Å². The molecule has 2 saturated carbocycles. The van der Waals surface area contributed by atoms with Crippen molar-refractivity contribution < 1.29 is 0 Å². The van der Waals surface area contributed by atoms with E-state index in [4.69, 9.17) is 0 Å². The van der Waals surface area contributed by atoms with Gasteiger partial charge in [-0.3, -0.25) is 0 Å². The molecule has 0 aromatic rings. The minimum Gasteiger partial charge on any atom is -0.316 e. The lowest BCUT2D eigenvalue weighted by molar-refractivity contribution is 0.142. The van der Waals surface area contributed by atoms with Crippen molar-refractivity contribution in [2.45, 2.75) is 58.9 Å². The van der Waals surface area contributed by atoms with Gasteiger partial charge in [0.15, 0.2) is 0 Å². The van der Waals surface area contributed by atoms with Crippen molar-refractivity contribution in [3.8, 4) is 0 Å². The predicted octanol–water partition coefficient (Wildman–Crippen LogP) is 3.45. The van der Waals surface area contributed by atoms with Gasteiger partial charge in [0.25, 0.3) is 0 Å². The minimum absolute atomic E-state index is 0.639. The molecule has 0 heterocycles. The van der Waals surface area contributed by atoms with E-state index >= 15 is 0 Å². The average molecular weight is 209 g/mol. The zero-order valence-corrected chi connectivity index (χ0v) is 10.8. The third-order valence-electron chi connectivity index (χ3n) is 5.21. The summed E-state index contributed by atoms with van der Waals surface area (Å²) < 4.78 is 0. The van der Waals surface area contributed by atoms with Crippen LogP contribution in [0.15, 0.2) is 0 Å². The normalized spacial score (nSPS) is 41.2. The molecule has 0 amide bonds. The van der Waals surface area contributed by atoms with Gasteiger partial charge in [-0.2, -0.15) is 0 Å². The maximum atomic E-state index is 3.61. The SMILES string of the molecule is CNC(C1CCC(C)C(C)C1)C1(C)CC1. The molecule has 4 unspecified atom stereocenters. The van der Waals surface area contributed by atoms with Gasteiger partial charge in [0.05, 0.1) is 0 Å². The highest BCUT2D eigenvalue weighted by Gasteiger charge is 2.48. The first-order chi connectivity index (χ1) is 7.07. The summed E-state index contributed by atoms with van der Waals surface area (Å²) in [5.41, 5.74) is 0.639. The van der Waals surface area contributed by atoms with Gasteiger partial charge in [-0.25, -0.2) is 0 Å². The van der Waals surface area contributed by atoms with Crippen LogP contribution in [0.1, 0.15) is 52.9 Å². The molecule has 2 aliphatic carbocycles. The van der Waals surface area contributed by atoms with Gasteiger partial charge < -0.3 is 5.32 Å². The first-order valence-corrected chi connectivity index (χ1v) is 6.74. The highest BCUT2D eigenvalue weighted by molar-refractivity contribution is 5.02. The molecule has 0 aliphatic heterocycles. The Balaban J connectivity index is 1.97. The Labute approximate surface area is 95.0 Å². The summed E-state index contributed by atoms with van der Waals surface area (Å²) in [5, 5.41) is 3.61. The molecule has 15 heavy (non-hydrogen) atoms. The van der Waals surface area contributed by atoms with Crippen LogP contribution in [0.3, 0.4) is 0 Å². The molecule has 1 N–H and O–H groups in total. The summed E-state index contributed by atoms with van der Waals surface area (Å²) >= 11 is 0. The van der Waals surface area contributed by atoms with Gasteiger partial charge in [0.2, 0.25) is 0 Å². The fourth-order valence-corrected chi connectivity index (χ4v) is 3.55. The van der Waals surface area contributed by atoms with Gasteiger partial charge in [0, 0.05) is 6.04 Å². The van der Waals surface area contributed by atoms with Gasteiger partial charge in [-0.15, -0.1) is 0 Å².